The molecule has 0 aliphatic heterocycles. The fourth-order valence-corrected chi connectivity index (χ4v) is 0.924. The number of aromatic nitrogens is 1. The highest BCUT2D eigenvalue weighted by atomic mass is 35.5. The van der Waals surface area contributed by atoms with E-state index in [0.29, 0.717) is 10.7 Å². The second-order valence-corrected chi connectivity index (χ2v) is 2.44. The third-order valence-electron chi connectivity index (χ3n) is 1.15. The Bertz CT molecular complexity index is 275. The Morgan fingerprint density at radius 1 is 1.73 bits per heavy atom. The van der Waals surface area contributed by atoms with Crippen LogP contribution in [0, 0.1) is 0 Å². The zero-order valence-corrected chi connectivity index (χ0v) is 6.38. The van der Waals surface area contributed by atoms with Gasteiger partial charge in [-0.1, -0.05) is 11.6 Å². The number of hydrogen-bond donors (Lipinski definition) is 1. The third-order valence-corrected chi connectivity index (χ3v) is 1.35. The van der Waals surface area contributed by atoms with Gasteiger partial charge in [0.1, 0.15) is 5.15 Å². The van der Waals surface area contributed by atoms with Gasteiger partial charge in [0, 0.05) is 6.20 Å². The minimum absolute atomic E-state index is 0.0117. The van der Waals surface area contributed by atoms with E-state index in [4.69, 9.17) is 16.7 Å². The van der Waals surface area contributed by atoms with Gasteiger partial charge in [0.2, 0.25) is 0 Å². The van der Waals surface area contributed by atoms with Gasteiger partial charge in [-0.05, 0) is 17.7 Å². The molecule has 0 radical (unpaired) electrons. The summed E-state index contributed by atoms with van der Waals surface area (Å²) in [4.78, 5) is 13.9. The standard InChI is InChI=1S/C7H6ClNO2/c8-6-3-5(1-2-9-6)4-7(10)11/h1-3H,4H2,(H,10,11). The summed E-state index contributed by atoms with van der Waals surface area (Å²) in [6, 6.07) is 3.16. The number of halogens is 1. The molecule has 0 saturated carbocycles. The van der Waals surface area contributed by atoms with Crippen LogP contribution in [0.4, 0.5) is 0 Å². The fourth-order valence-electron chi connectivity index (χ4n) is 0.727. The molecule has 0 unspecified atom stereocenters. The van der Waals surface area contributed by atoms with Crippen LogP contribution >= 0.6 is 11.6 Å². The zero-order valence-electron chi connectivity index (χ0n) is 5.62. The first kappa shape index (κ1) is 8.01. The predicted molar refractivity (Wildman–Crippen MR) is 40.6 cm³/mol. The molecule has 1 aromatic rings. The lowest BCUT2D eigenvalue weighted by Crippen LogP contribution is -1.99. The Morgan fingerprint density at radius 2 is 2.45 bits per heavy atom. The summed E-state index contributed by atoms with van der Waals surface area (Å²) in [5.74, 6) is -0.868. The second-order valence-electron chi connectivity index (χ2n) is 2.06. The molecule has 0 fully saturated rings. The molecule has 1 rings (SSSR count). The summed E-state index contributed by atoms with van der Waals surface area (Å²) in [5, 5.41) is 8.72. The van der Waals surface area contributed by atoms with Crippen molar-refractivity contribution in [3.05, 3.63) is 29.0 Å². The average molecular weight is 172 g/mol. The zero-order chi connectivity index (χ0) is 8.27. The SMILES string of the molecule is O=C(O)Cc1ccnc(Cl)c1. The smallest absolute Gasteiger partial charge is 0.307 e. The highest BCUT2D eigenvalue weighted by Gasteiger charge is 1.99. The largest absolute Gasteiger partial charge is 0.481 e. The lowest BCUT2D eigenvalue weighted by molar-refractivity contribution is -0.136. The van der Waals surface area contributed by atoms with E-state index in [1.807, 2.05) is 0 Å². The van der Waals surface area contributed by atoms with Crippen molar-refractivity contribution in [3.8, 4) is 0 Å². The molecule has 4 heteroatoms. The van der Waals surface area contributed by atoms with E-state index in [-0.39, 0.29) is 6.42 Å². The van der Waals surface area contributed by atoms with E-state index in [1.54, 1.807) is 6.07 Å². The molecular formula is C7H6ClNO2. The number of carboxylic acid groups (broad SMARTS) is 1. The first-order valence-corrected chi connectivity index (χ1v) is 3.38. The van der Waals surface area contributed by atoms with E-state index in [1.165, 1.54) is 12.3 Å². The van der Waals surface area contributed by atoms with Crippen LogP contribution in [0.15, 0.2) is 18.3 Å². The molecule has 1 aromatic heterocycles. The van der Waals surface area contributed by atoms with Crippen molar-refractivity contribution in [1.82, 2.24) is 4.98 Å². The van der Waals surface area contributed by atoms with Gasteiger partial charge in [-0.3, -0.25) is 4.79 Å². The normalized spacial score (nSPS) is 9.55. The lowest BCUT2D eigenvalue weighted by Gasteiger charge is -1.94. The number of nitrogens with zero attached hydrogens (tertiary/aromatic N) is 1. The molecule has 3 nitrogen and oxygen atoms in total. The maximum absolute atomic E-state index is 10.2. The van der Waals surface area contributed by atoms with Crippen LogP contribution in [0.5, 0.6) is 0 Å². The number of hydrogen-bond acceptors (Lipinski definition) is 2. The Morgan fingerprint density at radius 3 is 3.00 bits per heavy atom. The summed E-state index contributed by atoms with van der Waals surface area (Å²) in [5.41, 5.74) is 0.664. The van der Waals surface area contributed by atoms with Gasteiger partial charge in [-0.15, -0.1) is 0 Å². The summed E-state index contributed by atoms with van der Waals surface area (Å²) in [6.45, 7) is 0. The quantitative estimate of drug-likeness (QED) is 0.684. The van der Waals surface area contributed by atoms with Gasteiger partial charge < -0.3 is 5.11 Å². The van der Waals surface area contributed by atoms with Crippen LogP contribution in [0.3, 0.4) is 0 Å². The van der Waals surface area contributed by atoms with E-state index in [0.717, 1.165) is 0 Å². The number of rotatable bonds is 2. The molecule has 0 spiro atoms. The number of carboxylic acids is 1. The van der Waals surface area contributed by atoms with Gasteiger partial charge in [-0.2, -0.15) is 0 Å². The van der Waals surface area contributed by atoms with Crippen LogP contribution in [0.25, 0.3) is 0 Å². The van der Waals surface area contributed by atoms with Gasteiger partial charge in [0.15, 0.2) is 0 Å². The molecule has 0 atom stereocenters. The maximum Gasteiger partial charge on any atom is 0.307 e. The summed E-state index contributed by atoms with van der Waals surface area (Å²) >= 11 is 5.52. The number of pyridine rings is 1. The van der Waals surface area contributed by atoms with Crippen molar-refractivity contribution in [1.29, 1.82) is 0 Å². The van der Waals surface area contributed by atoms with Crippen LogP contribution < -0.4 is 0 Å². The Labute approximate surface area is 68.6 Å². The van der Waals surface area contributed by atoms with Gasteiger partial charge in [-0.25, -0.2) is 4.98 Å². The van der Waals surface area contributed by atoms with Crippen molar-refractivity contribution in [2.24, 2.45) is 0 Å². The van der Waals surface area contributed by atoms with E-state index in [2.05, 4.69) is 4.98 Å². The molecule has 0 aliphatic rings. The summed E-state index contributed by atoms with van der Waals surface area (Å²) in [7, 11) is 0. The maximum atomic E-state index is 10.2. The van der Waals surface area contributed by atoms with E-state index < -0.39 is 5.97 Å². The van der Waals surface area contributed by atoms with Crippen molar-refractivity contribution >= 4 is 17.6 Å². The highest BCUT2D eigenvalue weighted by Crippen LogP contribution is 2.07. The van der Waals surface area contributed by atoms with Gasteiger partial charge in [0.25, 0.3) is 0 Å². The number of carbonyl (C=O) groups is 1. The third kappa shape index (κ3) is 2.55. The topological polar surface area (TPSA) is 50.2 Å². The van der Waals surface area contributed by atoms with Crippen LogP contribution in [0.2, 0.25) is 5.15 Å². The van der Waals surface area contributed by atoms with Crippen LogP contribution in [-0.4, -0.2) is 16.1 Å². The van der Waals surface area contributed by atoms with E-state index >= 15 is 0 Å². The Balaban J connectivity index is 2.79. The molecule has 1 N–H and O–H groups in total. The van der Waals surface area contributed by atoms with Crippen molar-refractivity contribution in [2.45, 2.75) is 6.42 Å². The molecule has 11 heavy (non-hydrogen) atoms. The summed E-state index contributed by atoms with van der Waals surface area (Å²) in [6.07, 6.45) is 1.48. The Kier molecular flexibility index (Phi) is 2.44. The monoisotopic (exact) mass is 171 g/mol. The van der Waals surface area contributed by atoms with Crippen LogP contribution in [-0.2, 0) is 11.2 Å². The number of aliphatic carboxylic acids is 1. The molecule has 0 saturated heterocycles. The molecule has 1 heterocycles. The average Bonchev–Trinajstić information content (AvgIpc) is 1.85. The minimum Gasteiger partial charge on any atom is -0.481 e. The van der Waals surface area contributed by atoms with Crippen LogP contribution in [0.1, 0.15) is 5.56 Å². The first-order chi connectivity index (χ1) is 5.18. The highest BCUT2D eigenvalue weighted by molar-refractivity contribution is 6.29. The molecule has 0 bridgehead atoms. The Hall–Kier alpha value is -1.09. The molecule has 58 valence electrons. The molecular weight excluding hydrogens is 166 g/mol. The minimum atomic E-state index is -0.868. The van der Waals surface area contributed by atoms with Crippen molar-refractivity contribution < 1.29 is 9.90 Å². The van der Waals surface area contributed by atoms with Crippen molar-refractivity contribution in [3.63, 3.8) is 0 Å². The second kappa shape index (κ2) is 3.34. The molecule has 0 aliphatic carbocycles. The molecule has 0 aromatic carbocycles. The summed E-state index contributed by atoms with van der Waals surface area (Å²) < 4.78 is 0. The predicted octanol–water partition coefficient (Wildman–Crippen LogP) is 1.36. The first-order valence-electron chi connectivity index (χ1n) is 3.00. The molecule has 0 amide bonds. The van der Waals surface area contributed by atoms with Gasteiger partial charge in [0.05, 0.1) is 6.42 Å². The van der Waals surface area contributed by atoms with E-state index in [9.17, 15) is 4.79 Å². The fraction of sp³-hybridized carbons (Fsp3) is 0.143. The van der Waals surface area contributed by atoms with Gasteiger partial charge >= 0.3 is 5.97 Å². The lowest BCUT2D eigenvalue weighted by atomic mass is 10.2. The van der Waals surface area contributed by atoms with Crippen molar-refractivity contribution in [2.75, 3.05) is 0 Å².